The van der Waals surface area contributed by atoms with E-state index in [-0.39, 0.29) is 29.5 Å². The van der Waals surface area contributed by atoms with Crippen molar-refractivity contribution in [3.63, 3.8) is 0 Å². The highest BCUT2D eigenvalue weighted by Crippen LogP contribution is 2.34. The molecule has 10 heteroatoms. The van der Waals surface area contributed by atoms with Crippen molar-refractivity contribution in [3.05, 3.63) is 110 Å². The van der Waals surface area contributed by atoms with E-state index in [1.807, 2.05) is 18.4 Å². The van der Waals surface area contributed by atoms with Crippen LogP contribution in [0.1, 0.15) is 41.5 Å². The number of hydrogen-bond acceptors (Lipinski definition) is 6. The van der Waals surface area contributed by atoms with Crippen molar-refractivity contribution < 1.29 is 23.0 Å². The van der Waals surface area contributed by atoms with Crippen LogP contribution >= 0.6 is 15.9 Å². The van der Waals surface area contributed by atoms with Gasteiger partial charge in [0.05, 0.1) is 18.2 Å². The van der Waals surface area contributed by atoms with Crippen LogP contribution in [0.4, 0.5) is 8.78 Å². The first kappa shape index (κ1) is 29.1. The van der Waals surface area contributed by atoms with Crippen LogP contribution in [-0.2, 0) is 6.42 Å². The molecule has 3 heterocycles. The van der Waals surface area contributed by atoms with Crippen LogP contribution in [0.15, 0.2) is 76.4 Å². The van der Waals surface area contributed by atoms with Gasteiger partial charge in [-0.3, -0.25) is 14.6 Å². The molecule has 0 saturated heterocycles. The van der Waals surface area contributed by atoms with Crippen molar-refractivity contribution in [2.45, 2.75) is 33.2 Å². The van der Waals surface area contributed by atoms with E-state index in [0.717, 1.165) is 0 Å². The lowest BCUT2D eigenvalue weighted by Gasteiger charge is -2.20. The zero-order valence-electron chi connectivity index (χ0n) is 23.2. The van der Waals surface area contributed by atoms with Gasteiger partial charge in [0.1, 0.15) is 15.9 Å². The molecule has 0 bridgehead atoms. The Morgan fingerprint density at radius 3 is 2.43 bits per heavy atom. The van der Waals surface area contributed by atoms with E-state index < -0.39 is 22.8 Å². The Hall–Kier alpha value is -4.44. The lowest BCUT2D eigenvalue weighted by Crippen LogP contribution is -2.24. The number of halogens is 3. The lowest BCUT2D eigenvalue weighted by molar-refractivity contribution is 0.0991. The minimum Gasteiger partial charge on any atom is -0.494 e. The second-order valence-corrected chi connectivity index (χ2v) is 10.7. The van der Waals surface area contributed by atoms with Crippen molar-refractivity contribution in [1.29, 1.82) is 0 Å². The average Bonchev–Trinajstić information content (AvgIpc) is 2.95. The summed E-state index contributed by atoms with van der Waals surface area (Å²) in [6.07, 6.45) is 2.85. The summed E-state index contributed by atoms with van der Waals surface area (Å²) < 4.78 is 42.2. The number of pyridine rings is 3. The van der Waals surface area contributed by atoms with E-state index in [4.69, 9.17) is 9.47 Å². The molecule has 0 atom stereocenters. The fourth-order valence-electron chi connectivity index (χ4n) is 4.78. The molecule has 2 aromatic carbocycles. The van der Waals surface area contributed by atoms with Crippen LogP contribution < -0.4 is 14.9 Å². The van der Waals surface area contributed by atoms with Crippen LogP contribution in [0.3, 0.4) is 0 Å². The number of carbonyl (C=O) groups is 1. The number of methoxy groups -OCH3 is 1. The number of Topliss-reactive ketones (excluding diaryl/α,β-unsaturated/α-hetero) is 1. The largest absolute Gasteiger partial charge is 0.494 e. The molecule has 5 rings (SSSR count). The van der Waals surface area contributed by atoms with Gasteiger partial charge >= 0.3 is 0 Å². The molecule has 7 nitrogen and oxygen atoms in total. The van der Waals surface area contributed by atoms with Crippen LogP contribution in [0.5, 0.6) is 17.2 Å². The Bertz CT molecular complexity index is 1890. The summed E-state index contributed by atoms with van der Waals surface area (Å²) in [5.41, 5.74) is 2.29. The first-order chi connectivity index (χ1) is 20.1. The fourth-order valence-corrected chi connectivity index (χ4v) is 5.24. The quantitative estimate of drug-likeness (QED) is 0.129. The van der Waals surface area contributed by atoms with Gasteiger partial charge in [0.2, 0.25) is 0 Å². The third-order valence-corrected chi connectivity index (χ3v) is 7.44. The zero-order chi connectivity index (χ0) is 30.1. The van der Waals surface area contributed by atoms with Gasteiger partial charge in [-0.15, -0.1) is 0 Å². The topological polar surface area (TPSA) is 83.3 Å². The summed E-state index contributed by atoms with van der Waals surface area (Å²) in [4.78, 5) is 35.6. The molecule has 214 valence electrons. The Balaban J connectivity index is 1.45. The maximum Gasteiger partial charge on any atom is 0.200 e. The number of fused-ring (bicyclic) bond motifs is 1. The number of carbonyl (C=O) groups excluding carboxylic acids is 1. The first-order valence-corrected chi connectivity index (χ1v) is 13.9. The van der Waals surface area contributed by atoms with Gasteiger partial charge in [-0.1, -0.05) is 18.2 Å². The molecule has 5 aromatic rings. The van der Waals surface area contributed by atoms with Gasteiger partial charge in [0.15, 0.2) is 34.3 Å². The monoisotopic (exact) mass is 633 g/mol. The maximum absolute atomic E-state index is 15.2. The standard InChI is InChI=1S/C32H26BrF2N3O4/c1-17(2)38-16-22(31(40)29(18(38)3)20-6-8-21(34)9-7-20)25(39)14-19-5-10-26(23(35)13-19)42-27-11-12-36-24-15-28(41-4)32(33)37-30(24)27/h5-13,15-17H,14H2,1-4H3. The number of hydrogen-bond donors (Lipinski definition) is 0. The molecule has 42 heavy (non-hydrogen) atoms. The normalized spacial score (nSPS) is 11.2. The summed E-state index contributed by atoms with van der Waals surface area (Å²) in [6.45, 7) is 5.66. The Morgan fingerprint density at radius 1 is 1.02 bits per heavy atom. The molecule has 0 aliphatic rings. The SMILES string of the molecule is COc1cc2nccc(Oc3ccc(CC(=O)c4cn(C(C)C)c(C)c(-c5ccc(F)cc5)c4=O)cc3F)c2nc1Br. The van der Waals surface area contributed by atoms with Crippen LogP contribution in [0.2, 0.25) is 0 Å². The van der Waals surface area contributed by atoms with Crippen molar-refractivity contribution in [3.8, 4) is 28.4 Å². The second kappa shape index (κ2) is 11.8. The van der Waals surface area contributed by atoms with E-state index >= 15 is 4.39 Å². The van der Waals surface area contributed by atoms with Crippen molar-refractivity contribution in [2.75, 3.05) is 7.11 Å². The Kier molecular flexibility index (Phi) is 8.17. The number of aromatic nitrogens is 3. The third kappa shape index (κ3) is 5.67. The highest BCUT2D eigenvalue weighted by molar-refractivity contribution is 9.10. The number of nitrogens with zero attached hydrogens (tertiary/aromatic N) is 3. The van der Waals surface area contributed by atoms with Crippen molar-refractivity contribution in [2.24, 2.45) is 0 Å². The van der Waals surface area contributed by atoms with Gasteiger partial charge in [-0.2, -0.15) is 0 Å². The molecule has 0 aliphatic heterocycles. The number of ether oxygens (including phenoxy) is 2. The zero-order valence-corrected chi connectivity index (χ0v) is 24.8. The van der Waals surface area contributed by atoms with E-state index in [1.165, 1.54) is 49.7 Å². The minimum atomic E-state index is -0.687. The third-order valence-electron chi connectivity index (χ3n) is 6.88. The molecule has 0 fully saturated rings. The van der Waals surface area contributed by atoms with Crippen LogP contribution in [0.25, 0.3) is 22.2 Å². The molecule has 0 unspecified atom stereocenters. The smallest absolute Gasteiger partial charge is 0.200 e. The minimum absolute atomic E-state index is 0.0234. The predicted octanol–water partition coefficient (Wildman–Crippen LogP) is 7.61. The average molecular weight is 634 g/mol. The van der Waals surface area contributed by atoms with E-state index in [1.54, 1.807) is 31.3 Å². The van der Waals surface area contributed by atoms with Gasteiger partial charge in [0.25, 0.3) is 0 Å². The maximum atomic E-state index is 15.2. The van der Waals surface area contributed by atoms with E-state index in [0.29, 0.717) is 43.8 Å². The Labute approximate surface area is 248 Å². The fraction of sp³-hybridized carbons (Fsp3) is 0.188. The van der Waals surface area contributed by atoms with Gasteiger partial charge in [-0.05, 0) is 72.1 Å². The Morgan fingerprint density at radius 2 is 1.76 bits per heavy atom. The molecular formula is C32H26BrF2N3O4. The summed E-state index contributed by atoms with van der Waals surface area (Å²) in [6, 6.07) is 13.0. The van der Waals surface area contributed by atoms with E-state index in [2.05, 4.69) is 25.9 Å². The summed E-state index contributed by atoms with van der Waals surface area (Å²) in [5.74, 6) is -0.867. The number of rotatable bonds is 8. The molecule has 0 N–H and O–H groups in total. The molecular weight excluding hydrogens is 608 g/mol. The first-order valence-electron chi connectivity index (χ1n) is 13.1. The molecule has 0 amide bonds. The lowest BCUT2D eigenvalue weighted by atomic mass is 9.97. The predicted molar refractivity (Wildman–Crippen MR) is 160 cm³/mol. The van der Waals surface area contributed by atoms with Gasteiger partial charge in [-0.25, -0.2) is 13.8 Å². The van der Waals surface area contributed by atoms with E-state index in [9.17, 15) is 14.0 Å². The number of ketones is 1. The molecule has 0 aliphatic carbocycles. The number of benzene rings is 2. The summed E-state index contributed by atoms with van der Waals surface area (Å²) in [7, 11) is 1.51. The molecule has 0 saturated carbocycles. The van der Waals surface area contributed by atoms with Crippen molar-refractivity contribution >= 4 is 32.7 Å². The molecule has 0 radical (unpaired) electrons. The molecule has 3 aromatic heterocycles. The summed E-state index contributed by atoms with van der Waals surface area (Å²) >= 11 is 3.34. The molecule has 0 spiro atoms. The highest BCUT2D eigenvalue weighted by Gasteiger charge is 2.21. The van der Waals surface area contributed by atoms with Crippen LogP contribution in [-0.4, -0.2) is 27.4 Å². The second-order valence-electron chi connectivity index (χ2n) is 9.97. The van der Waals surface area contributed by atoms with Crippen LogP contribution in [0, 0.1) is 18.6 Å². The van der Waals surface area contributed by atoms with Gasteiger partial charge in [0, 0.05) is 48.2 Å². The van der Waals surface area contributed by atoms with Gasteiger partial charge < -0.3 is 14.0 Å². The van der Waals surface area contributed by atoms with Crippen molar-refractivity contribution in [1.82, 2.24) is 14.5 Å². The summed E-state index contributed by atoms with van der Waals surface area (Å²) in [5, 5.41) is 0. The highest BCUT2D eigenvalue weighted by atomic mass is 79.9.